The van der Waals surface area contributed by atoms with E-state index in [2.05, 4.69) is 4.72 Å². The molecule has 5 heteroatoms. The van der Waals surface area contributed by atoms with Gasteiger partial charge < -0.3 is 4.90 Å². The van der Waals surface area contributed by atoms with E-state index in [-0.39, 0.29) is 6.04 Å². The van der Waals surface area contributed by atoms with E-state index in [1.54, 1.807) is 6.07 Å². The summed E-state index contributed by atoms with van der Waals surface area (Å²) in [5.74, 6) is 0. The molecule has 1 aliphatic carbocycles. The fraction of sp³-hybridized carbons (Fsp3) is 0.400. The van der Waals surface area contributed by atoms with Gasteiger partial charge in [-0.2, -0.15) is 0 Å². The van der Waals surface area contributed by atoms with Crippen LogP contribution in [0.4, 0.5) is 0 Å². The second-order valence-corrected chi connectivity index (χ2v) is 8.65. The summed E-state index contributed by atoms with van der Waals surface area (Å²) in [7, 11) is 0.419. The molecule has 0 bridgehead atoms. The molecule has 2 aromatic carbocycles. The number of nitrogens with one attached hydrogen (secondary N) is 1. The van der Waals surface area contributed by atoms with Crippen molar-refractivity contribution in [3.63, 3.8) is 0 Å². The Morgan fingerprint density at radius 2 is 1.68 bits per heavy atom. The minimum absolute atomic E-state index is 0.00592. The quantitative estimate of drug-likeness (QED) is 0.863. The Kier molecular flexibility index (Phi) is 5.57. The summed E-state index contributed by atoms with van der Waals surface area (Å²) in [6, 6.07) is 15.5. The first-order valence-electron chi connectivity index (χ1n) is 8.80. The van der Waals surface area contributed by atoms with Crippen molar-refractivity contribution < 1.29 is 8.42 Å². The third-order valence-electron chi connectivity index (χ3n) is 4.90. The molecular formula is C20H26N2O2S. The highest BCUT2D eigenvalue weighted by atomic mass is 32.2. The molecule has 0 saturated carbocycles. The first-order chi connectivity index (χ1) is 12.0. The second kappa shape index (κ2) is 7.68. The molecule has 1 aliphatic rings. The molecular weight excluding hydrogens is 332 g/mol. The third-order valence-corrected chi connectivity index (χ3v) is 6.33. The van der Waals surface area contributed by atoms with Crippen molar-refractivity contribution in [2.75, 3.05) is 20.6 Å². The smallest absolute Gasteiger partial charge is 0.240 e. The van der Waals surface area contributed by atoms with Gasteiger partial charge >= 0.3 is 0 Å². The number of fused-ring (bicyclic) bond motifs is 1. The fourth-order valence-corrected chi connectivity index (χ4v) is 4.51. The van der Waals surface area contributed by atoms with Gasteiger partial charge in [0.2, 0.25) is 10.0 Å². The van der Waals surface area contributed by atoms with Crippen LogP contribution in [0.5, 0.6) is 0 Å². The van der Waals surface area contributed by atoms with E-state index in [1.165, 1.54) is 17.5 Å². The molecule has 0 aromatic heterocycles. The fourth-order valence-electron chi connectivity index (χ4n) is 3.42. The molecule has 4 nitrogen and oxygen atoms in total. The first kappa shape index (κ1) is 18.1. The van der Waals surface area contributed by atoms with Crippen LogP contribution >= 0.6 is 0 Å². The number of nitrogens with zero attached hydrogens (tertiary/aromatic N) is 1. The van der Waals surface area contributed by atoms with E-state index < -0.39 is 10.0 Å². The number of hydrogen-bond acceptors (Lipinski definition) is 3. The topological polar surface area (TPSA) is 49.4 Å². The maximum atomic E-state index is 12.7. The average Bonchev–Trinajstić information content (AvgIpc) is 2.62. The van der Waals surface area contributed by atoms with E-state index in [1.807, 2.05) is 61.5 Å². The number of likely N-dealkylation sites (N-methyl/N-ethyl adjacent to an activating group) is 1. The lowest BCUT2D eigenvalue weighted by molar-refractivity contribution is 0.299. The normalized spacial score (nSPS) is 15.8. The maximum absolute atomic E-state index is 12.7. The molecule has 0 radical (unpaired) electrons. The van der Waals surface area contributed by atoms with Crippen LogP contribution in [0, 0.1) is 0 Å². The minimum atomic E-state index is -3.51. The highest BCUT2D eigenvalue weighted by Crippen LogP contribution is 2.24. The zero-order valence-electron chi connectivity index (χ0n) is 14.9. The van der Waals surface area contributed by atoms with Gasteiger partial charge in [-0.3, -0.25) is 0 Å². The highest BCUT2D eigenvalue weighted by molar-refractivity contribution is 7.89. The Balaban J connectivity index is 1.77. The molecule has 0 spiro atoms. The Morgan fingerprint density at radius 3 is 2.36 bits per heavy atom. The predicted octanol–water partition coefficient (Wildman–Crippen LogP) is 3.15. The van der Waals surface area contributed by atoms with Gasteiger partial charge in [-0.05, 0) is 68.6 Å². The SMILES string of the molecule is CN(C)C(CNS(=O)(=O)c1ccc2c(c1)CCCC2)c1ccccc1. The van der Waals surface area contributed by atoms with Gasteiger partial charge in [-0.15, -0.1) is 0 Å². The molecule has 0 saturated heterocycles. The summed E-state index contributed by atoms with van der Waals surface area (Å²) in [5, 5.41) is 0. The van der Waals surface area contributed by atoms with Gasteiger partial charge in [0.25, 0.3) is 0 Å². The second-order valence-electron chi connectivity index (χ2n) is 6.88. The van der Waals surface area contributed by atoms with Crippen LogP contribution in [0.3, 0.4) is 0 Å². The standard InChI is InChI=1S/C20H26N2O2S/c1-22(2)20(17-9-4-3-5-10-17)15-21-25(23,24)19-13-12-16-8-6-7-11-18(16)14-19/h3-5,9-10,12-14,20-21H,6-8,11,15H2,1-2H3. The molecule has 1 unspecified atom stereocenters. The molecule has 2 aromatic rings. The van der Waals surface area contributed by atoms with Gasteiger partial charge in [0.05, 0.1) is 4.90 Å². The van der Waals surface area contributed by atoms with Crippen molar-refractivity contribution in [1.82, 2.24) is 9.62 Å². The Labute approximate surface area is 150 Å². The highest BCUT2D eigenvalue weighted by Gasteiger charge is 2.21. The molecule has 0 amide bonds. The largest absolute Gasteiger partial charge is 0.301 e. The monoisotopic (exact) mass is 358 g/mol. The number of hydrogen-bond donors (Lipinski definition) is 1. The van der Waals surface area contributed by atoms with Crippen molar-refractivity contribution in [3.05, 3.63) is 65.2 Å². The summed E-state index contributed by atoms with van der Waals surface area (Å²) < 4.78 is 28.3. The summed E-state index contributed by atoms with van der Waals surface area (Å²) in [6.07, 6.45) is 4.36. The van der Waals surface area contributed by atoms with E-state index >= 15 is 0 Å². The Bertz CT molecular complexity index is 817. The van der Waals surface area contributed by atoms with Crippen LogP contribution in [0.25, 0.3) is 0 Å². The Morgan fingerprint density at radius 1 is 1.00 bits per heavy atom. The lowest BCUT2D eigenvalue weighted by Crippen LogP contribution is -2.34. The van der Waals surface area contributed by atoms with E-state index in [9.17, 15) is 8.42 Å². The number of aryl methyl sites for hydroxylation is 2. The zero-order chi connectivity index (χ0) is 17.9. The molecule has 1 N–H and O–H groups in total. The first-order valence-corrected chi connectivity index (χ1v) is 10.3. The predicted molar refractivity (Wildman–Crippen MR) is 101 cm³/mol. The van der Waals surface area contributed by atoms with Gasteiger partial charge in [0, 0.05) is 12.6 Å². The van der Waals surface area contributed by atoms with Crippen molar-refractivity contribution >= 4 is 10.0 Å². The minimum Gasteiger partial charge on any atom is -0.301 e. The summed E-state index contributed by atoms with van der Waals surface area (Å²) in [5.41, 5.74) is 3.57. The van der Waals surface area contributed by atoms with Crippen LogP contribution in [0.1, 0.15) is 35.6 Å². The van der Waals surface area contributed by atoms with Crippen molar-refractivity contribution in [2.45, 2.75) is 36.6 Å². The summed E-state index contributed by atoms with van der Waals surface area (Å²) >= 11 is 0. The van der Waals surface area contributed by atoms with Gasteiger partial charge in [-0.1, -0.05) is 36.4 Å². The average molecular weight is 359 g/mol. The van der Waals surface area contributed by atoms with Crippen molar-refractivity contribution in [1.29, 1.82) is 0 Å². The summed E-state index contributed by atoms with van der Waals surface area (Å²) in [4.78, 5) is 2.41. The molecule has 1 atom stereocenters. The van der Waals surface area contributed by atoms with Crippen LogP contribution in [0.15, 0.2) is 53.4 Å². The number of benzene rings is 2. The zero-order valence-corrected chi connectivity index (χ0v) is 15.7. The van der Waals surface area contributed by atoms with Crippen LogP contribution in [-0.2, 0) is 22.9 Å². The van der Waals surface area contributed by atoms with E-state index in [0.717, 1.165) is 24.8 Å². The van der Waals surface area contributed by atoms with E-state index in [0.29, 0.717) is 11.4 Å². The number of rotatable bonds is 6. The molecule has 0 fully saturated rings. The van der Waals surface area contributed by atoms with Gasteiger partial charge in [0.15, 0.2) is 0 Å². The van der Waals surface area contributed by atoms with Gasteiger partial charge in [0.1, 0.15) is 0 Å². The van der Waals surface area contributed by atoms with Crippen LogP contribution in [0.2, 0.25) is 0 Å². The molecule has 134 valence electrons. The van der Waals surface area contributed by atoms with E-state index in [4.69, 9.17) is 0 Å². The Hall–Kier alpha value is -1.69. The lowest BCUT2D eigenvalue weighted by Gasteiger charge is -2.25. The maximum Gasteiger partial charge on any atom is 0.240 e. The van der Waals surface area contributed by atoms with Crippen molar-refractivity contribution in [2.24, 2.45) is 0 Å². The third kappa shape index (κ3) is 4.29. The molecule has 25 heavy (non-hydrogen) atoms. The summed E-state index contributed by atoms with van der Waals surface area (Å²) in [6.45, 7) is 0.344. The van der Waals surface area contributed by atoms with Crippen LogP contribution < -0.4 is 4.72 Å². The lowest BCUT2D eigenvalue weighted by atomic mass is 9.92. The van der Waals surface area contributed by atoms with Crippen LogP contribution in [-0.4, -0.2) is 34.0 Å². The molecule has 0 heterocycles. The van der Waals surface area contributed by atoms with Crippen molar-refractivity contribution in [3.8, 4) is 0 Å². The number of sulfonamides is 1. The molecule has 0 aliphatic heterocycles. The van der Waals surface area contributed by atoms with Gasteiger partial charge in [-0.25, -0.2) is 13.1 Å². The molecule has 3 rings (SSSR count).